The Morgan fingerprint density at radius 2 is 0.629 bits per heavy atom. The molecule has 0 unspecified atom stereocenters. The summed E-state index contributed by atoms with van der Waals surface area (Å²) in [7, 11) is 6.55. The molecule has 0 aliphatic carbocycles. The van der Waals surface area contributed by atoms with Crippen LogP contribution < -0.4 is 44.0 Å². The fourth-order valence-corrected chi connectivity index (χ4v) is 10.0. The summed E-state index contributed by atoms with van der Waals surface area (Å²) in [5.74, 6) is 3.78. The molecule has 0 atom stereocenters. The van der Waals surface area contributed by atoms with Gasteiger partial charge in [-0.3, -0.25) is 0 Å². The fraction of sp³-hybridized carbons (Fsp3) is 0.333. The van der Waals surface area contributed by atoms with Crippen LogP contribution in [0.1, 0.15) is 16.7 Å². The normalized spacial score (nSPS) is 11.1. The second-order valence-electron chi connectivity index (χ2n) is 8.22. The summed E-state index contributed by atoms with van der Waals surface area (Å²) in [6.07, 6.45) is 0. The minimum Gasteiger partial charge on any atom is -0.493 e. The van der Waals surface area contributed by atoms with E-state index in [1.54, 1.807) is 42.7 Å². The van der Waals surface area contributed by atoms with Gasteiger partial charge in [0.15, 0.2) is 34.5 Å². The Morgan fingerprint density at radius 1 is 0.429 bits per heavy atom. The lowest BCUT2D eigenvalue weighted by Gasteiger charge is -2.32. The highest BCUT2D eigenvalue weighted by atomic mass is 35.6. The van der Waals surface area contributed by atoms with Gasteiger partial charge in [-0.05, 0) is 89.4 Å². The number of halogens is 1. The average molecular weight is 517 g/mol. The van der Waals surface area contributed by atoms with E-state index in [4.69, 9.17) is 39.5 Å². The third-order valence-electron chi connectivity index (χ3n) is 6.31. The zero-order valence-electron chi connectivity index (χ0n) is 21.8. The molecule has 3 aromatic rings. The van der Waals surface area contributed by atoms with Crippen molar-refractivity contribution in [3.63, 3.8) is 0 Å². The first-order valence-corrected chi connectivity index (χ1v) is 14.1. The quantitative estimate of drug-likeness (QED) is 0.244. The molecule has 0 amide bonds. The van der Waals surface area contributed by atoms with E-state index in [0.717, 1.165) is 32.3 Å². The Hall–Kier alpha value is -3.03. The molecule has 35 heavy (non-hydrogen) atoms. The van der Waals surface area contributed by atoms with Gasteiger partial charge in [0.2, 0.25) is 7.38 Å². The molecule has 0 fully saturated rings. The van der Waals surface area contributed by atoms with Gasteiger partial charge in [-0.1, -0.05) is 0 Å². The summed E-state index contributed by atoms with van der Waals surface area (Å²) in [6, 6.07) is 11.8. The van der Waals surface area contributed by atoms with Gasteiger partial charge in [0, 0.05) is 0 Å². The maximum atomic E-state index is 7.95. The minimum atomic E-state index is -3.20. The van der Waals surface area contributed by atoms with Crippen LogP contribution in [-0.2, 0) is 0 Å². The van der Waals surface area contributed by atoms with Crippen molar-refractivity contribution < 1.29 is 28.4 Å². The summed E-state index contributed by atoms with van der Waals surface area (Å²) < 4.78 is 33.7. The second kappa shape index (κ2) is 10.7. The van der Waals surface area contributed by atoms with Crippen molar-refractivity contribution in [2.24, 2.45) is 0 Å². The monoisotopic (exact) mass is 516 g/mol. The highest BCUT2D eigenvalue weighted by Gasteiger charge is 2.43. The number of hydrogen-bond donors (Lipinski definition) is 0. The van der Waals surface area contributed by atoms with Gasteiger partial charge < -0.3 is 28.4 Å². The van der Waals surface area contributed by atoms with Crippen LogP contribution >= 0.6 is 11.1 Å². The van der Waals surface area contributed by atoms with Gasteiger partial charge in [-0.25, -0.2) is 0 Å². The molecular formula is C27H33ClO6Si. The van der Waals surface area contributed by atoms with Crippen LogP contribution in [0, 0.1) is 20.8 Å². The molecule has 0 spiro atoms. The molecule has 0 N–H and O–H groups in total. The highest BCUT2D eigenvalue weighted by molar-refractivity contribution is 7.40. The van der Waals surface area contributed by atoms with E-state index in [-0.39, 0.29) is 0 Å². The van der Waals surface area contributed by atoms with Crippen molar-refractivity contribution in [1.82, 2.24) is 0 Å². The molecule has 0 aliphatic heterocycles. The first-order chi connectivity index (χ1) is 16.7. The van der Waals surface area contributed by atoms with Crippen LogP contribution in [-0.4, -0.2) is 50.0 Å². The first-order valence-electron chi connectivity index (χ1n) is 11.1. The molecule has 3 rings (SSSR count). The summed E-state index contributed by atoms with van der Waals surface area (Å²) in [6.45, 7) is 6.11. The van der Waals surface area contributed by atoms with Crippen molar-refractivity contribution >= 4 is 34.0 Å². The molecule has 0 heterocycles. The van der Waals surface area contributed by atoms with Crippen LogP contribution in [0.25, 0.3) is 0 Å². The van der Waals surface area contributed by atoms with Crippen molar-refractivity contribution in [2.45, 2.75) is 20.8 Å². The number of rotatable bonds is 9. The molecule has 0 saturated carbocycles. The van der Waals surface area contributed by atoms with Crippen LogP contribution in [0.15, 0.2) is 36.4 Å². The maximum Gasteiger partial charge on any atom is 0.249 e. The van der Waals surface area contributed by atoms with Crippen LogP contribution in [0.2, 0.25) is 0 Å². The highest BCUT2D eigenvalue weighted by Crippen LogP contribution is 2.34. The summed E-state index contributed by atoms with van der Waals surface area (Å²) in [5.41, 5.74) is 2.98. The number of ether oxygens (including phenoxy) is 6. The van der Waals surface area contributed by atoms with Gasteiger partial charge >= 0.3 is 0 Å². The molecule has 3 aromatic carbocycles. The van der Waals surface area contributed by atoms with Crippen molar-refractivity contribution in [1.29, 1.82) is 0 Å². The van der Waals surface area contributed by atoms with Gasteiger partial charge in [0.05, 0.1) is 42.7 Å². The number of benzene rings is 3. The molecule has 0 radical (unpaired) electrons. The lowest BCUT2D eigenvalue weighted by Crippen LogP contribution is -2.65. The molecule has 0 aliphatic rings. The molecule has 6 nitrogen and oxygen atoms in total. The number of methoxy groups -OCH3 is 6. The topological polar surface area (TPSA) is 55.4 Å². The molecule has 0 bridgehead atoms. The zero-order chi connectivity index (χ0) is 25.9. The number of hydrogen-bond acceptors (Lipinski definition) is 6. The fourth-order valence-electron chi connectivity index (χ4n) is 4.49. The minimum absolute atomic E-state index is 0.613. The van der Waals surface area contributed by atoms with Crippen LogP contribution in [0.3, 0.4) is 0 Å². The smallest absolute Gasteiger partial charge is 0.249 e. The van der Waals surface area contributed by atoms with Gasteiger partial charge in [0.1, 0.15) is 0 Å². The maximum absolute atomic E-state index is 7.95. The largest absolute Gasteiger partial charge is 0.493 e. The van der Waals surface area contributed by atoms with E-state index in [0.29, 0.717) is 34.5 Å². The molecular weight excluding hydrogens is 484 g/mol. The molecule has 8 heteroatoms. The first kappa shape index (κ1) is 26.6. The summed E-state index contributed by atoms with van der Waals surface area (Å²) in [5, 5.41) is 2.92. The standard InChI is InChI=1S/C27H33ClO6Si/c1-16-10-19(29-4)22(32-7)13-25(16)35(28,26-14-23(33-8)20(30-5)11-17(26)2)27-15-24(34-9)21(31-6)12-18(27)3/h10-15H,1-9H3. The lowest BCUT2D eigenvalue weighted by molar-refractivity contribution is 0.355. The molecule has 0 aromatic heterocycles. The van der Waals surface area contributed by atoms with Crippen molar-refractivity contribution in [2.75, 3.05) is 42.7 Å². The third kappa shape index (κ3) is 4.62. The van der Waals surface area contributed by atoms with Crippen molar-refractivity contribution in [3.8, 4) is 34.5 Å². The second-order valence-corrected chi connectivity index (χ2v) is 12.9. The third-order valence-corrected chi connectivity index (χ3v) is 12.0. The van der Waals surface area contributed by atoms with Crippen molar-refractivity contribution in [3.05, 3.63) is 53.1 Å². The van der Waals surface area contributed by atoms with E-state index in [9.17, 15) is 0 Å². The Balaban J connectivity index is 2.50. The van der Waals surface area contributed by atoms with E-state index >= 15 is 0 Å². The van der Waals surface area contributed by atoms with Crippen LogP contribution in [0.4, 0.5) is 0 Å². The SMILES string of the molecule is COc1cc(C)c([Si](Cl)(c2cc(OC)c(OC)cc2C)c2cc(OC)c(OC)cc2C)cc1OC. The van der Waals surface area contributed by atoms with Crippen LogP contribution in [0.5, 0.6) is 34.5 Å². The van der Waals surface area contributed by atoms with Gasteiger partial charge in [-0.2, -0.15) is 0 Å². The predicted molar refractivity (Wildman–Crippen MR) is 143 cm³/mol. The summed E-state index contributed by atoms with van der Waals surface area (Å²) >= 11 is 7.95. The Labute approximate surface area is 213 Å². The Morgan fingerprint density at radius 3 is 0.829 bits per heavy atom. The molecule has 188 valence electrons. The van der Waals surface area contributed by atoms with E-state index in [1.807, 2.05) is 57.2 Å². The zero-order valence-corrected chi connectivity index (χ0v) is 23.5. The van der Waals surface area contributed by atoms with Gasteiger partial charge in [-0.15, -0.1) is 11.1 Å². The van der Waals surface area contributed by atoms with E-state index in [2.05, 4.69) is 0 Å². The summed E-state index contributed by atoms with van der Waals surface area (Å²) in [4.78, 5) is 0. The van der Waals surface area contributed by atoms with E-state index < -0.39 is 7.38 Å². The van der Waals surface area contributed by atoms with E-state index in [1.165, 1.54) is 0 Å². The Bertz CT molecular complexity index is 1080. The lowest BCUT2D eigenvalue weighted by atomic mass is 10.2. The Kier molecular flexibility index (Phi) is 8.13. The van der Waals surface area contributed by atoms with Gasteiger partial charge in [0.25, 0.3) is 0 Å². The predicted octanol–water partition coefficient (Wildman–Crippen LogP) is 3.87. The average Bonchev–Trinajstić information content (AvgIpc) is 2.87. The number of aryl methyl sites for hydroxylation is 3. The molecule has 0 saturated heterocycles.